The van der Waals surface area contributed by atoms with Crippen molar-refractivity contribution in [3.63, 3.8) is 0 Å². The Hall–Kier alpha value is -0.610. The Kier molecular flexibility index (Phi) is 4.54. The summed E-state index contributed by atoms with van der Waals surface area (Å²) < 4.78 is 10.5. The molecule has 0 spiro atoms. The van der Waals surface area contributed by atoms with Crippen molar-refractivity contribution in [2.24, 2.45) is 17.1 Å². The molecule has 88 valence electrons. The van der Waals surface area contributed by atoms with Gasteiger partial charge in [0, 0.05) is 19.1 Å². The van der Waals surface area contributed by atoms with Crippen molar-refractivity contribution in [1.29, 1.82) is 0 Å². The highest BCUT2D eigenvalue weighted by atomic mass is 16.5. The second-order valence-corrected chi connectivity index (χ2v) is 4.45. The molecule has 1 aliphatic heterocycles. The van der Waals surface area contributed by atoms with Gasteiger partial charge in [0.1, 0.15) is 0 Å². The number of hydrogen-bond donors (Lipinski definition) is 1. The zero-order valence-electron chi connectivity index (χ0n) is 9.62. The molecular weight excluding hydrogens is 194 g/mol. The van der Waals surface area contributed by atoms with E-state index in [9.17, 15) is 4.79 Å². The SMILES string of the molecule is CCC(C)(CN)C(=O)OCC1CCOC1. The second-order valence-electron chi connectivity index (χ2n) is 4.45. The molecule has 0 aliphatic carbocycles. The summed E-state index contributed by atoms with van der Waals surface area (Å²) in [6.07, 6.45) is 1.70. The van der Waals surface area contributed by atoms with E-state index in [1.54, 1.807) is 0 Å². The summed E-state index contributed by atoms with van der Waals surface area (Å²) in [4.78, 5) is 11.7. The molecule has 4 nitrogen and oxygen atoms in total. The molecule has 1 aliphatic rings. The standard InChI is InChI=1S/C11H21NO3/c1-3-11(2,8-12)10(13)15-7-9-4-5-14-6-9/h9H,3-8,12H2,1-2H3. The molecule has 0 amide bonds. The lowest BCUT2D eigenvalue weighted by atomic mass is 9.88. The molecule has 0 aromatic carbocycles. The van der Waals surface area contributed by atoms with Gasteiger partial charge in [0.15, 0.2) is 0 Å². The topological polar surface area (TPSA) is 61.6 Å². The van der Waals surface area contributed by atoms with E-state index in [4.69, 9.17) is 15.2 Å². The predicted octanol–water partition coefficient (Wildman–Crippen LogP) is 0.941. The first-order chi connectivity index (χ1) is 7.12. The minimum absolute atomic E-state index is 0.181. The molecule has 0 saturated carbocycles. The molecule has 0 aromatic rings. The summed E-state index contributed by atoms with van der Waals surface area (Å²) in [5, 5.41) is 0. The number of ether oxygens (including phenoxy) is 2. The van der Waals surface area contributed by atoms with Gasteiger partial charge in [-0.25, -0.2) is 0 Å². The fraction of sp³-hybridized carbons (Fsp3) is 0.909. The summed E-state index contributed by atoms with van der Waals surface area (Å²) in [6.45, 7) is 6.09. The fourth-order valence-corrected chi connectivity index (χ4v) is 1.45. The van der Waals surface area contributed by atoms with Crippen LogP contribution in [0.5, 0.6) is 0 Å². The molecule has 1 heterocycles. The molecule has 2 N–H and O–H groups in total. The highest BCUT2D eigenvalue weighted by Gasteiger charge is 2.32. The molecular formula is C11H21NO3. The average Bonchev–Trinajstić information content (AvgIpc) is 2.77. The monoisotopic (exact) mass is 215 g/mol. The lowest BCUT2D eigenvalue weighted by Crippen LogP contribution is -2.37. The molecule has 0 radical (unpaired) electrons. The first-order valence-electron chi connectivity index (χ1n) is 5.57. The van der Waals surface area contributed by atoms with E-state index >= 15 is 0 Å². The maximum atomic E-state index is 11.7. The van der Waals surface area contributed by atoms with Crippen LogP contribution in [0.15, 0.2) is 0 Å². The van der Waals surface area contributed by atoms with Crippen molar-refractivity contribution in [3.8, 4) is 0 Å². The van der Waals surface area contributed by atoms with Crippen LogP contribution in [0.2, 0.25) is 0 Å². The van der Waals surface area contributed by atoms with Gasteiger partial charge in [-0.3, -0.25) is 4.79 Å². The minimum Gasteiger partial charge on any atom is -0.465 e. The lowest BCUT2D eigenvalue weighted by molar-refractivity contribution is -0.156. The Bertz CT molecular complexity index is 208. The Morgan fingerprint density at radius 1 is 1.67 bits per heavy atom. The van der Waals surface area contributed by atoms with Gasteiger partial charge in [-0.05, 0) is 19.8 Å². The van der Waals surface area contributed by atoms with Crippen molar-refractivity contribution in [3.05, 3.63) is 0 Å². The zero-order chi connectivity index (χ0) is 11.3. The Labute approximate surface area is 91.1 Å². The number of esters is 1. The number of hydrogen-bond acceptors (Lipinski definition) is 4. The number of carbonyl (C=O) groups is 1. The van der Waals surface area contributed by atoms with E-state index < -0.39 is 5.41 Å². The third kappa shape index (κ3) is 3.18. The number of carbonyl (C=O) groups excluding carboxylic acids is 1. The fourth-order valence-electron chi connectivity index (χ4n) is 1.45. The van der Waals surface area contributed by atoms with Crippen molar-refractivity contribution in [2.75, 3.05) is 26.4 Å². The van der Waals surface area contributed by atoms with Gasteiger partial charge in [-0.1, -0.05) is 6.92 Å². The van der Waals surface area contributed by atoms with Crippen LogP contribution < -0.4 is 5.73 Å². The third-order valence-electron chi connectivity index (χ3n) is 3.20. The molecule has 1 fully saturated rings. The van der Waals surface area contributed by atoms with Crippen LogP contribution in [0.4, 0.5) is 0 Å². The zero-order valence-corrected chi connectivity index (χ0v) is 9.62. The molecule has 2 atom stereocenters. The van der Waals surface area contributed by atoms with Crippen molar-refractivity contribution < 1.29 is 14.3 Å². The molecule has 4 heteroatoms. The smallest absolute Gasteiger partial charge is 0.313 e. The van der Waals surface area contributed by atoms with Crippen LogP contribution in [0.1, 0.15) is 26.7 Å². The quantitative estimate of drug-likeness (QED) is 0.693. The first-order valence-corrected chi connectivity index (χ1v) is 5.57. The van der Waals surface area contributed by atoms with Crippen molar-refractivity contribution in [1.82, 2.24) is 0 Å². The highest BCUT2D eigenvalue weighted by molar-refractivity contribution is 5.76. The molecule has 1 saturated heterocycles. The largest absolute Gasteiger partial charge is 0.465 e. The first kappa shape index (κ1) is 12.5. The summed E-state index contributed by atoms with van der Waals surface area (Å²) >= 11 is 0. The maximum Gasteiger partial charge on any atom is 0.313 e. The van der Waals surface area contributed by atoms with Crippen LogP contribution in [-0.4, -0.2) is 32.3 Å². The van der Waals surface area contributed by atoms with E-state index in [-0.39, 0.29) is 5.97 Å². The molecule has 0 bridgehead atoms. The van der Waals surface area contributed by atoms with Crippen LogP contribution in [0.3, 0.4) is 0 Å². The Morgan fingerprint density at radius 3 is 2.87 bits per heavy atom. The summed E-state index contributed by atoms with van der Waals surface area (Å²) in [7, 11) is 0. The van der Waals surface area contributed by atoms with Crippen LogP contribution in [0.25, 0.3) is 0 Å². The second kappa shape index (κ2) is 5.47. The maximum absolute atomic E-state index is 11.7. The van der Waals surface area contributed by atoms with Crippen LogP contribution >= 0.6 is 0 Å². The predicted molar refractivity (Wildman–Crippen MR) is 57.3 cm³/mol. The molecule has 2 unspecified atom stereocenters. The van der Waals surface area contributed by atoms with E-state index in [0.717, 1.165) is 13.0 Å². The van der Waals surface area contributed by atoms with Crippen molar-refractivity contribution in [2.45, 2.75) is 26.7 Å². The van der Waals surface area contributed by atoms with Gasteiger partial charge in [0.25, 0.3) is 0 Å². The Balaban J connectivity index is 2.33. The van der Waals surface area contributed by atoms with Gasteiger partial charge in [0.05, 0.1) is 18.6 Å². The molecule has 1 rings (SSSR count). The normalized spacial score (nSPS) is 24.9. The summed E-state index contributed by atoms with van der Waals surface area (Å²) in [6, 6.07) is 0. The average molecular weight is 215 g/mol. The third-order valence-corrected chi connectivity index (χ3v) is 3.20. The molecule has 15 heavy (non-hydrogen) atoms. The van der Waals surface area contributed by atoms with E-state index in [1.807, 2.05) is 13.8 Å². The van der Waals surface area contributed by atoms with E-state index in [1.165, 1.54) is 0 Å². The van der Waals surface area contributed by atoms with Crippen LogP contribution in [0, 0.1) is 11.3 Å². The highest BCUT2D eigenvalue weighted by Crippen LogP contribution is 2.22. The Morgan fingerprint density at radius 2 is 2.40 bits per heavy atom. The van der Waals surface area contributed by atoms with Crippen LogP contribution in [-0.2, 0) is 14.3 Å². The van der Waals surface area contributed by atoms with Gasteiger partial charge in [-0.15, -0.1) is 0 Å². The number of nitrogens with two attached hydrogens (primary N) is 1. The minimum atomic E-state index is -0.528. The van der Waals surface area contributed by atoms with Gasteiger partial charge in [-0.2, -0.15) is 0 Å². The summed E-state index contributed by atoms with van der Waals surface area (Å²) in [5.74, 6) is 0.187. The molecule has 0 aromatic heterocycles. The number of rotatable bonds is 5. The van der Waals surface area contributed by atoms with E-state index in [0.29, 0.717) is 32.1 Å². The van der Waals surface area contributed by atoms with E-state index in [2.05, 4.69) is 0 Å². The lowest BCUT2D eigenvalue weighted by Gasteiger charge is -2.24. The van der Waals surface area contributed by atoms with Gasteiger partial charge < -0.3 is 15.2 Å². The van der Waals surface area contributed by atoms with Gasteiger partial charge in [0.2, 0.25) is 0 Å². The van der Waals surface area contributed by atoms with Crippen molar-refractivity contribution >= 4 is 5.97 Å². The summed E-state index contributed by atoms with van der Waals surface area (Å²) in [5.41, 5.74) is 5.05. The van der Waals surface area contributed by atoms with Gasteiger partial charge >= 0.3 is 5.97 Å².